The van der Waals surface area contributed by atoms with Crippen molar-refractivity contribution in [2.75, 3.05) is 18.1 Å². The van der Waals surface area contributed by atoms with Gasteiger partial charge in [0.2, 0.25) is 5.91 Å². The van der Waals surface area contributed by atoms with Crippen molar-refractivity contribution in [3.63, 3.8) is 0 Å². The minimum absolute atomic E-state index is 0.00194. The number of hydrogen-bond donors (Lipinski definition) is 1. The number of halogens is 1. The number of nitrogens with one attached hydrogen (secondary N) is 1. The Morgan fingerprint density at radius 3 is 2.54 bits per heavy atom. The summed E-state index contributed by atoms with van der Waals surface area (Å²) in [6.45, 7) is 2.17. The first-order valence-corrected chi connectivity index (χ1v) is 11.6. The monoisotopic (exact) mass is 398 g/mol. The summed E-state index contributed by atoms with van der Waals surface area (Å²) in [5, 5.41) is 3.94. The van der Waals surface area contributed by atoms with Gasteiger partial charge in [-0.05, 0) is 37.8 Å². The van der Waals surface area contributed by atoms with Crippen molar-refractivity contribution in [1.82, 2.24) is 10.2 Å². The number of sulfone groups is 1. The standard InChI is InChI=1S/C19H27ClN2O3S/c1-14(17-8-4-5-9-18(17)20)21-12-19(23)22(15-6-2-3-7-15)16-10-11-26(24,25)13-16/h4-5,8-9,14-16,21H,2-3,6-7,10-13H2,1H3/t14-,16-/m1/s1. The third-order valence-electron chi connectivity index (χ3n) is 5.54. The average molecular weight is 399 g/mol. The molecule has 1 saturated carbocycles. The molecule has 0 aromatic heterocycles. The molecule has 5 nitrogen and oxygen atoms in total. The number of amides is 1. The van der Waals surface area contributed by atoms with E-state index in [1.54, 1.807) is 0 Å². The molecule has 144 valence electrons. The molecule has 0 spiro atoms. The highest BCUT2D eigenvalue weighted by Gasteiger charge is 2.38. The molecule has 2 atom stereocenters. The lowest BCUT2D eigenvalue weighted by Gasteiger charge is -2.34. The highest BCUT2D eigenvalue weighted by molar-refractivity contribution is 7.91. The van der Waals surface area contributed by atoms with Crippen molar-refractivity contribution >= 4 is 27.3 Å². The summed E-state index contributed by atoms with van der Waals surface area (Å²) in [7, 11) is -3.02. The Kier molecular flexibility index (Phi) is 6.25. The van der Waals surface area contributed by atoms with Gasteiger partial charge < -0.3 is 10.2 Å². The maximum absolute atomic E-state index is 13.0. The maximum Gasteiger partial charge on any atom is 0.237 e. The predicted octanol–water partition coefficient (Wildman–Crippen LogP) is 2.95. The van der Waals surface area contributed by atoms with Crippen LogP contribution in [0.2, 0.25) is 5.02 Å². The Labute approximate surface area is 161 Å². The first kappa shape index (κ1) is 19.6. The molecular formula is C19H27ClN2O3S. The lowest BCUT2D eigenvalue weighted by molar-refractivity contribution is -0.134. The molecular weight excluding hydrogens is 372 g/mol. The van der Waals surface area contributed by atoms with Gasteiger partial charge in [-0.1, -0.05) is 42.6 Å². The Hall–Kier alpha value is -1.11. The largest absolute Gasteiger partial charge is 0.335 e. The summed E-state index contributed by atoms with van der Waals surface area (Å²) in [6.07, 6.45) is 4.73. The van der Waals surface area contributed by atoms with Crippen LogP contribution in [0.25, 0.3) is 0 Å². The smallest absolute Gasteiger partial charge is 0.237 e. The van der Waals surface area contributed by atoms with Gasteiger partial charge >= 0.3 is 0 Å². The first-order chi connectivity index (χ1) is 12.4. The molecule has 0 unspecified atom stereocenters. The normalized spacial score (nSPS) is 23.8. The molecule has 1 aliphatic heterocycles. The zero-order chi connectivity index (χ0) is 18.7. The highest BCUT2D eigenvalue weighted by atomic mass is 35.5. The zero-order valence-corrected chi connectivity index (χ0v) is 16.7. The average Bonchev–Trinajstić information content (AvgIpc) is 3.23. The van der Waals surface area contributed by atoms with E-state index in [2.05, 4.69) is 5.32 Å². The van der Waals surface area contributed by atoms with E-state index in [1.165, 1.54) is 0 Å². The van der Waals surface area contributed by atoms with E-state index in [9.17, 15) is 13.2 Å². The first-order valence-electron chi connectivity index (χ1n) is 9.37. The van der Waals surface area contributed by atoms with Gasteiger partial charge in [-0.3, -0.25) is 4.79 Å². The third kappa shape index (κ3) is 4.59. The second-order valence-corrected chi connectivity index (χ2v) is 10.1. The summed E-state index contributed by atoms with van der Waals surface area (Å²) < 4.78 is 23.8. The van der Waals surface area contributed by atoms with Gasteiger partial charge in [-0.25, -0.2) is 8.42 Å². The van der Waals surface area contributed by atoms with Gasteiger partial charge in [0.25, 0.3) is 0 Å². The number of hydrogen-bond acceptors (Lipinski definition) is 4. The topological polar surface area (TPSA) is 66.5 Å². The minimum Gasteiger partial charge on any atom is -0.335 e. The van der Waals surface area contributed by atoms with E-state index < -0.39 is 9.84 Å². The number of carbonyl (C=O) groups excluding carboxylic acids is 1. The molecule has 26 heavy (non-hydrogen) atoms. The molecule has 2 fully saturated rings. The Morgan fingerprint density at radius 1 is 1.23 bits per heavy atom. The molecule has 1 heterocycles. The van der Waals surface area contributed by atoms with Gasteiger partial charge in [-0.2, -0.15) is 0 Å². The highest BCUT2D eigenvalue weighted by Crippen LogP contribution is 2.29. The summed E-state index contributed by atoms with van der Waals surface area (Å²) >= 11 is 6.23. The Morgan fingerprint density at radius 2 is 1.92 bits per heavy atom. The second kappa shape index (κ2) is 8.28. The van der Waals surface area contributed by atoms with Crippen LogP contribution >= 0.6 is 11.6 Å². The molecule has 2 aliphatic rings. The summed E-state index contributed by atoms with van der Waals surface area (Å²) in [4.78, 5) is 14.9. The Balaban J connectivity index is 1.67. The van der Waals surface area contributed by atoms with E-state index >= 15 is 0 Å². The fraction of sp³-hybridized carbons (Fsp3) is 0.632. The molecule has 0 radical (unpaired) electrons. The quantitative estimate of drug-likeness (QED) is 0.800. The third-order valence-corrected chi connectivity index (χ3v) is 7.63. The van der Waals surface area contributed by atoms with E-state index in [0.717, 1.165) is 31.2 Å². The van der Waals surface area contributed by atoms with Crippen molar-refractivity contribution in [2.45, 2.75) is 57.2 Å². The van der Waals surface area contributed by atoms with E-state index in [-0.39, 0.29) is 42.1 Å². The summed E-state index contributed by atoms with van der Waals surface area (Å²) in [5.41, 5.74) is 0.956. The van der Waals surface area contributed by atoms with Gasteiger partial charge in [0.05, 0.1) is 18.1 Å². The van der Waals surface area contributed by atoms with E-state index in [4.69, 9.17) is 11.6 Å². The molecule has 7 heteroatoms. The lowest BCUT2D eigenvalue weighted by Crippen LogP contribution is -2.50. The number of carbonyl (C=O) groups is 1. The molecule has 3 rings (SSSR count). The summed E-state index contributed by atoms with van der Waals surface area (Å²) in [5.74, 6) is 0.297. The van der Waals surface area contributed by atoms with Gasteiger partial charge in [0, 0.05) is 23.1 Å². The van der Waals surface area contributed by atoms with E-state index in [1.807, 2.05) is 36.1 Å². The van der Waals surface area contributed by atoms with Gasteiger partial charge in [0.1, 0.15) is 0 Å². The van der Waals surface area contributed by atoms with Crippen LogP contribution in [0.5, 0.6) is 0 Å². The number of nitrogens with zero attached hydrogens (tertiary/aromatic N) is 1. The molecule has 1 N–H and O–H groups in total. The fourth-order valence-electron chi connectivity index (χ4n) is 4.15. The molecule has 1 aliphatic carbocycles. The predicted molar refractivity (Wildman–Crippen MR) is 104 cm³/mol. The van der Waals surface area contributed by atoms with Crippen LogP contribution in [0.1, 0.15) is 50.6 Å². The van der Waals surface area contributed by atoms with Crippen LogP contribution < -0.4 is 5.32 Å². The van der Waals surface area contributed by atoms with Crippen LogP contribution in [-0.4, -0.2) is 49.4 Å². The van der Waals surface area contributed by atoms with Crippen molar-refractivity contribution in [1.29, 1.82) is 0 Å². The van der Waals surface area contributed by atoms with Gasteiger partial charge in [0.15, 0.2) is 9.84 Å². The number of rotatable bonds is 6. The van der Waals surface area contributed by atoms with Crippen LogP contribution in [0.4, 0.5) is 0 Å². The van der Waals surface area contributed by atoms with E-state index in [0.29, 0.717) is 11.4 Å². The molecule has 1 aromatic rings. The van der Waals surface area contributed by atoms with Crippen molar-refractivity contribution in [3.8, 4) is 0 Å². The minimum atomic E-state index is -3.02. The second-order valence-electron chi connectivity index (χ2n) is 7.42. The van der Waals surface area contributed by atoms with Crippen molar-refractivity contribution < 1.29 is 13.2 Å². The van der Waals surface area contributed by atoms with Crippen LogP contribution in [-0.2, 0) is 14.6 Å². The molecule has 1 saturated heterocycles. The summed E-state index contributed by atoms with van der Waals surface area (Å²) in [6, 6.07) is 7.55. The zero-order valence-electron chi connectivity index (χ0n) is 15.2. The lowest BCUT2D eigenvalue weighted by atomic mass is 10.1. The van der Waals surface area contributed by atoms with Gasteiger partial charge in [-0.15, -0.1) is 0 Å². The fourth-order valence-corrected chi connectivity index (χ4v) is 6.16. The molecule has 0 bridgehead atoms. The Bertz CT molecular complexity index is 747. The molecule has 1 amide bonds. The van der Waals surface area contributed by atoms with Crippen LogP contribution in [0.3, 0.4) is 0 Å². The van der Waals surface area contributed by atoms with Crippen molar-refractivity contribution in [2.24, 2.45) is 0 Å². The number of benzene rings is 1. The molecule has 1 aromatic carbocycles. The van der Waals surface area contributed by atoms with Crippen LogP contribution in [0, 0.1) is 0 Å². The SMILES string of the molecule is C[C@@H](NCC(=O)N(C1CCCC1)[C@@H]1CCS(=O)(=O)C1)c1ccccc1Cl. The maximum atomic E-state index is 13.0. The van der Waals surface area contributed by atoms with Crippen LogP contribution in [0.15, 0.2) is 24.3 Å². The van der Waals surface area contributed by atoms with Crippen molar-refractivity contribution in [3.05, 3.63) is 34.9 Å².